The highest BCUT2D eigenvalue weighted by atomic mass is 127. The van der Waals surface area contributed by atoms with Crippen LogP contribution < -0.4 is 14.8 Å². The van der Waals surface area contributed by atoms with Gasteiger partial charge in [0.1, 0.15) is 18.5 Å². The van der Waals surface area contributed by atoms with E-state index in [1.807, 2.05) is 46.9 Å². The maximum Gasteiger partial charge on any atom is 0.168 e. The Morgan fingerprint density at radius 3 is 2.50 bits per heavy atom. The van der Waals surface area contributed by atoms with Crippen LogP contribution in [0.4, 0.5) is 4.39 Å². The number of methoxy groups -OCH3 is 1. The Morgan fingerprint density at radius 2 is 1.88 bits per heavy atom. The van der Waals surface area contributed by atoms with Crippen molar-refractivity contribution in [2.45, 2.75) is 31.9 Å². The fourth-order valence-corrected chi connectivity index (χ4v) is 3.19. The second-order valence-corrected chi connectivity index (χ2v) is 7.97. The van der Waals surface area contributed by atoms with E-state index in [9.17, 15) is 9.50 Å². The van der Waals surface area contributed by atoms with Crippen LogP contribution in [0.5, 0.6) is 11.5 Å². The van der Waals surface area contributed by atoms with Gasteiger partial charge in [-0.3, -0.25) is 0 Å². The van der Waals surface area contributed by atoms with Gasteiger partial charge in [-0.05, 0) is 72.7 Å². The van der Waals surface area contributed by atoms with Gasteiger partial charge in [-0.25, -0.2) is 4.39 Å². The van der Waals surface area contributed by atoms with E-state index in [0.717, 1.165) is 12.2 Å². The highest BCUT2D eigenvalue weighted by Gasteiger charge is 2.20. The first kappa shape index (κ1) is 20.9. The number of para-hydroxylation sites is 1. The molecule has 0 unspecified atom stereocenters. The monoisotopic (exact) mass is 473 g/mol. The predicted octanol–water partition coefficient (Wildman–Crippen LogP) is 3.79. The van der Waals surface area contributed by atoms with Gasteiger partial charge in [0.05, 0.1) is 10.7 Å². The van der Waals surface area contributed by atoms with Crippen LogP contribution in [-0.2, 0) is 6.42 Å². The molecule has 0 spiro atoms. The van der Waals surface area contributed by atoms with Crippen LogP contribution in [0.25, 0.3) is 0 Å². The molecule has 2 N–H and O–H groups in total. The number of nitrogens with one attached hydrogen (secondary N) is 1. The zero-order valence-corrected chi connectivity index (χ0v) is 17.4. The van der Waals surface area contributed by atoms with Gasteiger partial charge in [-0.1, -0.05) is 18.2 Å². The Balaban J connectivity index is 1.82. The molecular formula is C20H25FINO3. The first-order valence-corrected chi connectivity index (χ1v) is 9.51. The SMILES string of the molecule is COc1ccc(CC(C)(C)NC[C@H](O)COc2c(F)cccc2I)cc1. The standard InChI is InChI=1S/C20H25FINO3/c1-20(2,11-14-7-9-16(25-3)10-8-14)23-12-15(24)13-26-19-17(21)5-4-6-18(19)22/h4-10,15,23-24H,11-13H2,1-3H3/t15-/m0/s1. The van der Waals surface area contributed by atoms with Gasteiger partial charge < -0.3 is 19.9 Å². The maximum atomic E-state index is 13.7. The van der Waals surface area contributed by atoms with E-state index in [0.29, 0.717) is 10.1 Å². The van der Waals surface area contributed by atoms with Crippen LogP contribution in [0.15, 0.2) is 42.5 Å². The maximum absolute atomic E-state index is 13.7. The molecule has 0 aliphatic heterocycles. The van der Waals surface area contributed by atoms with Gasteiger partial charge in [0.25, 0.3) is 0 Å². The van der Waals surface area contributed by atoms with Crippen molar-refractivity contribution in [3.63, 3.8) is 0 Å². The summed E-state index contributed by atoms with van der Waals surface area (Å²) in [6.07, 6.45) is 0.0658. The lowest BCUT2D eigenvalue weighted by molar-refractivity contribution is 0.0963. The summed E-state index contributed by atoms with van der Waals surface area (Å²) in [6, 6.07) is 12.7. The van der Waals surface area contributed by atoms with E-state index in [1.54, 1.807) is 19.2 Å². The van der Waals surface area contributed by atoms with Crippen LogP contribution in [0.2, 0.25) is 0 Å². The summed E-state index contributed by atoms with van der Waals surface area (Å²) in [7, 11) is 1.65. The number of aliphatic hydroxyl groups is 1. The van der Waals surface area contributed by atoms with Gasteiger partial charge in [-0.2, -0.15) is 0 Å². The molecule has 0 fully saturated rings. The number of hydrogen-bond donors (Lipinski definition) is 2. The van der Waals surface area contributed by atoms with E-state index < -0.39 is 11.9 Å². The normalized spacial score (nSPS) is 12.7. The zero-order chi connectivity index (χ0) is 19.2. The van der Waals surface area contributed by atoms with E-state index in [-0.39, 0.29) is 17.9 Å². The first-order valence-electron chi connectivity index (χ1n) is 8.43. The van der Waals surface area contributed by atoms with Crippen LogP contribution >= 0.6 is 22.6 Å². The molecule has 142 valence electrons. The van der Waals surface area contributed by atoms with Crippen LogP contribution in [0.3, 0.4) is 0 Å². The minimum Gasteiger partial charge on any atom is -0.497 e. The van der Waals surface area contributed by atoms with Crippen LogP contribution in [-0.4, -0.2) is 37.0 Å². The average Bonchev–Trinajstić information content (AvgIpc) is 2.60. The minimum atomic E-state index is -0.736. The highest BCUT2D eigenvalue weighted by molar-refractivity contribution is 14.1. The Morgan fingerprint density at radius 1 is 1.19 bits per heavy atom. The molecule has 0 heterocycles. The molecule has 4 nitrogen and oxygen atoms in total. The van der Waals surface area contributed by atoms with E-state index >= 15 is 0 Å². The number of ether oxygens (including phenoxy) is 2. The molecular weight excluding hydrogens is 448 g/mol. The molecule has 0 aromatic heterocycles. The van der Waals surface area contributed by atoms with Gasteiger partial charge in [0.15, 0.2) is 11.6 Å². The molecule has 0 amide bonds. The molecule has 0 aliphatic rings. The summed E-state index contributed by atoms with van der Waals surface area (Å²) in [5.74, 6) is 0.594. The molecule has 0 saturated heterocycles. The van der Waals surface area contributed by atoms with Crippen LogP contribution in [0.1, 0.15) is 19.4 Å². The Labute approximate surface area is 167 Å². The Hall–Kier alpha value is -1.38. The van der Waals surface area contributed by atoms with E-state index in [4.69, 9.17) is 9.47 Å². The van der Waals surface area contributed by atoms with Crippen molar-refractivity contribution in [1.82, 2.24) is 5.32 Å². The number of hydrogen-bond acceptors (Lipinski definition) is 4. The summed E-state index contributed by atoms with van der Waals surface area (Å²) < 4.78 is 25.0. The molecule has 2 rings (SSSR count). The zero-order valence-electron chi connectivity index (χ0n) is 15.3. The third-order valence-electron chi connectivity index (χ3n) is 3.96. The van der Waals surface area contributed by atoms with Crippen molar-refractivity contribution in [3.05, 3.63) is 57.4 Å². The largest absolute Gasteiger partial charge is 0.497 e. The van der Waals surface area contributed by atoms with Gasteiger partial charge >= 0.3 is 0 Å². The third-order valence-corrected chi connectivity index (χ3v) is 4.81. The molecule has 0 bridgehead atoms. The number of benzene rings is 2. The quantitative estimate of drug-likeness (QED) is 0.545. The molecule has 6 heteroatoms. The molecule has 2 aromatic rings. The average molecular weight is 473 g/mol. The fraction of sp³-hybridized carbons (Fsp3) is 0.400. The first-order chi connectivity index (χ1) is 12.3. The molecule has 1 atom stereocenters. The van der Waals surface area contributed by atoms with Crippen molar-refractivity contribution < 1.29 is 19.0 Å². The van der Waals surface area contributed by atoms with Crippen molar-refractivity contribution in [2.75, 3.05) is 20.3 Å². The number of rotatable bonds is 9. The number of halogens is 2. The molecule has 0 saturated carbocycles. The van der Waals surface area contributed by atoms with Gasteiger partial charge in [0, 0.05) is 12.1 Å². The molecule has 0 radical (unpaired) electrons. The minimum absolute atomic E-state index is 0.0303. The topological polar surface area (TPSA) is 50.7 Å². The molecule has 0 aliphatic carbocycles. The summed E-state index contributed by atoms with van der Waals surface area (Å²) in [6.45, 7) is 4.53. The van der Waals surface area contributed by atoms with Crippen molar-refractivity contribution in [1.29, 1.82) is 0 Å². The molecule has 2 aromatic carbocycles. The summed E-state index contributed by atoms with van der Waals surface area (Å²) in [4.78, 5) is 0. The van der Waals surface area contributed by atoms with Crippen molar-refractivity contribution >= 4 is 22.6 Å². The van der Waals surface area contributed by atoms with E-state index in [1.165, 1.54) is 11.6 Å². The summed E-state index contributed by atoms with van der Waals surface area (Å²) in [5.41, 5.74) is 0.970. The highest BCUT2D eigenvalue weighted by Crippen LogP contribution is 2.24. The van der Waals surface area contributed by atoms with Gasteiger partial charge in [0.2, 0.25) is 0 Å². The second kappa shape index (κ2) is 9.53. The summed E-state index contributed by atoms with van der Waals surface area (Å²) in [5, 5.41) is 13.5. The predicted molar refractivity (Wildman–Crippen MR) is 109 cm³/mol. The second-order valence-electron chi connectivity index (χ2n) is 6.81. The Bertz CT molecular complexity index is 686. The lowest BCUT2D eigenvalue weighted by Crippen LogP contribution is -2.46. The smallest absolute Gasteiger partial charge is 0.168 e. The van der Waals surface area contributed by atoms with Crippen LogP contribution in [0, 0.1) is 9.39 Å². The van der Waals surface area contributed by atoms with Gasteiger partial charge in [-0.15, -0.1) is 0 Å². The third kappa shape index (κ3) is 6.41. The van der Waals surface area contributed by atoms with Crippen molar-refractivity contribution in [3.8, 4) is 11.5 Å². The van der Waals surface area contributed by atoms with Crippen molar-refractivity contribution in [2.24, 2.45) is 0 Å². The fourth-order valence-electron chi connectivity index (χ4n) is 2.57. The lowest BCUT2D eigenvalue weighted by Gasteiger charge is -2.28. The summed E-state index contributed by atoms with van der Waals surface area (Å²) >= 11 is 2.01. The number of β-amino-alcohol motifs (C(OH)–C–C–N with tert-alkyl or cyclic N) is 1. The number of aliphatic hydroxyl groups excluding tert-OH is 1. The Kier molecular flexibility index (Phi) is 7.67. The lowest BCUT2D eigenvalue weighted by atomic mass is 9.94. The van der Waals surface area contributed by atoms with E-state index in [2.05, 4.69) is 19.2 Å². The molecule has 26 heavy (non-hydrogen) atoms.